The third-order valence-corrected chi connectivity index (χ3v) is 5.52. The Morgan fingerprint density at radius 1 is 0.808 bits per heavy atom. The van der Waals surface area contributed by atoms with Gasteiger partial charge in [-0.15, -0.1) is 5.10 Å². The number of para-hydroxylation sites is 2. The van der Waals surface area contributed by atoms with Gasteiger partial charge in [0, 0.05) is 29.5 Å². The summed E-state index contributed by atoms with van der Waals surface area (Å²) in [7, 11) is 2.13. The van der Waals surface area contributed by atoms with Crippen LogP contribution in [0.4, 0.5) is 11.4 Å². The summed E-state index contributed by atoms with van der Waals surface area (Å²) in [5.41, 5.74) is 9.45. The van der Waals surface area contributed by atoms with Crippen molar-refractivity contribution in [3.63, 3.8) is 0 Å². The third-order valence-electron chi connectivity index (χ3n) is 5.52. The molecule has 0 saturated carbocycles. The first kappa shape index (κ1) is 15.1. The van der Waals surface area contributed by atoms with E-state index in [0.717, 1.165) is 11.0 Å². The summed E-state index contributed by atoms with van der Waals surface area (Å²) >= 11 is 0. The molecule has 0 atom stereocenters. The topological polar surface area (TPSA) is 34.0 Å². The van der Waals surface area contributed by atoms with E-state index >= 15 is 0 Å². The maximum Gasteiger partial charge on any atom is 0.113 e. The second kappa shape index (κ2) is 5.43. The van der Waals surface area contributed by atoms with Crippen LogP contribution in [0.1, 0.15) is 28.3 Å². The molecule has 0 bridgehead atoms. The molecule has 128 valence electrons. The Labute approximate surface area is 152 Å². The minimum Gasteiger partial charge on any atom is -0.344 e. The van der Waals surface area contributed by atoms with E-state index in [0.29, 0.717) is 0 Å². The van der Waals surface area contributed by atoms with Crippen LogP contribution >= 0.6 is 0 Å². The monoisotopic (exact) mass is 340 g/mol. The molecule has 4 aromatic rings. The first-order chi connectivity index (χ1) is 12.6. The maximum absolute atomic E-state index is 4.57. The fourth-order valence-corrected chi connectivity index (χ4v) is 3.99. The first-order valence-electron chi connectivity index (χ1n) is 8.89. The second-order valence-electron chi connectivity index (χ2n) is 7.04. The second-order valence-corrected chi connectivity index (χ2v) is 7.04. The predicted octanol–water partition coefficient (Wildman–Crippen LogP) is 4.77. The Morgan fingerprint density at radius 2 is 1.38 bits per heavy atom. The van der Waals surface area contributed by atoms with Gasteiger partial charge < -0.3 is 4.90 Å². The van der Waals surface area contributed by atoms with Crippen LogP contribution in [0, 0.1) is 13.8 Å². The van der Waals surface area contributed by atoms with Gasteiger partial charge in [0.15, 0.2) is 0 Å². The van der Waals surface area contributed by atoms with Crippen molar-refractivity contribution >= 4 is 22.4 Å². The molecular formula is C22H20N4. The van der Waals surface area contributed by atoms with Gasteiger partial charge in [0.2, 0.25) is 0 Å². The van der Waals surface area contributed by atoms with E-state index in [1.807, 2.05) is 0 Å². The fraction of sp³-hybridized carbons (Fsp3) is 0.182. The van der Waals surface area contributed by atoms with E-state index in [9.17, 15) is 0 Å². The van der Waals surface area contributed by atoms with Crippen LogP contribution < -0.4 is 4.90 Å². The van der Waals surface area contributed by atoms with E-state index < -0.39 is 0 Å². The van der Waals surface area contributed by atoms with Gasteiger partial charge >= 0.3 is 0 Å². The number of rotatable bonds is 1. The summed E-state index contributed by atoms with van der Waals surface area (Å²) in [4.78, 5) is 2.26. The molecule has 0 spiro atoms. The molecule has 0 fully saturated rings. The van der Waals surface area contributed by atoms with Gasteiger partial charge in [-0.2, -0.15) is 0 Å². The molecule has 0 N–H and O–H groups in total. The van der Waals surface area contributed by atoms with Crippen molar-refractivity contribution in [2.45, 2.75) is 19.9 Å². The number of nitrogens with zero attached hydrogens (tertiary/aromatic N) is 4. The SMILES string of the molecule is Cc1cc2nnn(C3c4ccccc4N(C)c4ccccc43)c2cc1C. The van der Waals surface area contributed by atoms with Crippen molar-refractivity contribution in [3.8, 4) is 0 Å². The molecule has 4 nitrogen and oxygen atoms in total. The van der Waals surface area contributed by atoms with Gasteiger partial charge in [-0.3, -0.25) is 0 Å². The standard InChI is InChI=1S/C22H20N4/c1-14-12-18-21(13-15(14)2)26(24-23-18)22-16-8-4-6-10-19(16)25(3)20-11-7-5-9-17(20)22/h4-13,22H,1-3H3. The largest absolute Gasteiger partial charge is 0.344 e. The Hall–Kier alpha value is -3.14. The van der Waals surface area contributed by atoms with Crippen molar-refractivity contribution in [1.29, 1.82) is 0 Å². The first-order valence-corrected chi connectivity index (χ1v) is 8.89. The third kappa shape index (κ3) is 2.02. The smallest absolute Gasteiger partial charge is 0.113 e. The molecule has 0 radical (unpaired) electrons. The number of aryl methyl sites for hydroxylation is 2. The summed E-state index contributed by atoms with van der Waals surface area (Å²) in [6, 6.07) is 21.5. The van der Waals surface area contributed by atoms with Gasteiger partial charge in [0.05, 0.1) is 5.52 Å². The molecule has 2 heterocycles. The summed E-state index contributed by atoms with van der Waals surface area (Å²) < 4.78 is 2.08. The molecule has 1 aromatic heterocycles. The number of hydrogen-bond donors (Lipinski definition) is 0. The molecule has 0 saturated heterocycles. The summed E-state index contributed by atoms with van der Waals surface area (Å²) in [6.45, 7) is 4.26. The van der Waals surface area contributed by atoms with Gasteiger partial charge in [-0.1, -0.05) is 41.6 Å². The number of benzene rings is 3. The highest BCUT2D eigenvalue weighted by atomic mass is 15.4. The lowest BCUT2D eigenvalue weighted by atomic mass is 9.91. The Kier molecular flexibility index (Phi) is 3.16. The quantitative estimate of drug-likeness (QED) is 0.501. The molecule has 1 aliphatic heterocycles. The van der Waals surface area contributed by atoms with E-state index in [1.54, 1.807) is 0 Å². The van der Waals surface area contributed by atoms with Gasteiger partial charge in [0.1, 0.15) is 11.6 Å². The fourth-order valence-electron chi connectivity index (χ4n) is 3.99. The van der Waals surface area contributed by atoms with Crippen LogP contribution in [-0.2, 0) is 0 Å². The molecule has 3 aromatic carbocycles. The number of anilines is 2. The van der Waals surface area contributed by atoms with Crippen molar-refractivity contribution in [1.82, 2.24) is 15.0 Å². The van der Waals surface area contributed by atoms with Crippen LogP contribution in [-0.4, -0.2) is 22.0 Å². The molecule has 4 heteroatoms. The number of aromatic nitrogens is 3. The van der Waals surface area contributed by atoms with E-state index in [-0.39, 0.29) is 6.04 Å². The van der Waals surface area contributed by atoms with Crippen LogP contribution in [0.3, 0.4) is 0 Å². The van der Waals surface area contributed by atoms with E-state index in [2.05, 4.69) is 101 Å². The minimum atomic E-state index is 0.0192. The van der Waals surface area contributed by atoms with Crippen LogP contribution in [0.15, 0.2) is 60.7 Å². The Balaban J connectivity index is 1.83. The number of hydrogen-bond acceptors (Lipinski definition) is 3. The normalized spacial score (nSPS) is 13.7. The Bertz CT molecular complexity index is 1090. The van der Waals surface area contributed by atoms with Gasteiger partial charge in [0.25, 0.3) is 0 Å². The molecule has 0 aliphatic carbocycles. The average Bonchev–Trinajstić information content (AvgIpc) is 3.05. The number of fused-ring (bicyclic) bond motifs is 3. The highest BCUT2D eigenvalue weighted by molar-refractivity contribution is 5.80. The van der Waals surface area contributed by atoms with Crippen molar-refractivity contribution in [3.05, 3.63) is 82.9 Å². The molecule has 0 amide bonds. The molecule has 1 aliphatic rings. The van der Waals surface area contributed by atoms with Crippen molar-refractivity contribution in [2.24, 2.45) is 0 Å². The van der Waals surface area contributed by atoms with Crippen LogP contribution in [0.25, 0.3) is 11.0 Å². The van der Waals surface area contributed by atoms with Gasteiger partial charge in [-0.25, -0.2) is 4.68 Å². The molecule has 5 rings (SSSR count). The predicted molar refractivity (Wildman–Crippen MR) is 105 cm³/mol. The lowest BCUT2D eigenvalue weighted by Gasteiger charge is -2.35. The maximum atomic E-state index is 4.57. The van der Waals surface area contributed by atoms with Crippen LogP contribution in [0.5, 0.6) is 0 Å². The minimum absolute atomic E-state index is 0.0192. The van der Waals surface area contributed by atoms with E-state index in [4.69, 9.17) is 0 Å². The molecule has 0 unspecified atom stereocenters. The molecular weight excluding hydrogens is 320 g/mol. The van der Waals surface area contributed by atoms with E-state index in [1.165, 1.54) is 33.6 Å². The lowest BCUT2D eigenvalue weighted by molar-refractivity contribution is 0.583. The highest BCUT2D eigenvalue weighted by Crippen LogP contribution is 2.45. The zero-order valence-electron chi connectivity index (χ0n) is 15.1. The Morgan fingerprint density at radius 3 is 2.04 bits per heavy atom. The lowest BCUT2D eigenvalue weighted by Crippen LogP contribution is -2.26. The van der Waals surface area contributed by atoms with Gasteiger partial charge in [-0.05, 0) is 49.2 Å². The zero-order valence-corrected chi connectivity index (χ0v) is 15.1. The zero-order chi connectivity index (χ0) is 17.8. The highest BCUT2D eigenvalue weighted by Gasteiger charge is 2.31. The average molecular weight is 340 g/mol. The summed E-state index contributed by atoms with van der Waals surface area (Å²) in [5.74, 6) is 0. The molecule has 26 heavy (non-hydrogen) atoms. The van der Waals surface area contributed by atoms with Crippen molar-refractivity contribution in [2.75, 3.05) is 11.9 Å². The summed E-state index contributed by atoms with van der Waals surface area (Å²) in [6.07, 6.45) is 0. The summed E-state index contributed by atoms with van der Waals surface area (Å²) in [5, 5.41) is 9.03. The van der Waals surface area contributed by atoms with Crippen LogP contribution in [0.2, 0.25) is 0 Å². The van der Waals surface area contributed by atoms with Crippen molar-refractivity contribution < 1.29 is 0 Å².